The van der Waals surface area contributed by atoms with Crippen molar-refractivity contribution in [2.24, 2.45) is 10.9 Å². The molecule has 0 bridgehead atoms. The first-order chi connectivity index (χ1) is 15.4. The molecule has 1 heterocycles. The first-order valence-electron chi connectivity index (χ1n) is 10.5. The number of pyridine rings is 1. The third kappa shape index (κ3) is 7.34. The minimum Gasteiger partial charge on any atom is -0.494 e. The van der Waals surface area contributed by atoms with Crippen LogP contribution in [-0.2, 0) is 6.18 Å². The molecule has 33 heavy (non-hydrogen) atoms. The smallest absolute Gasteiger partial charge is 0.417 e. The number of amidine groups is 1. The van der Waals surface area contributed by atoms with E-state index in [1.54, 1.807) is 6.92 Å². The normalized spacial score (nSPS) is 13.1. The zero-order chi connectivity index (χ0) is 24.8. The van der Waals surface area contributed by atoms with Crippen LogP contribution >= 0.6 is 0 Å². The molecule has 2 aromatic rings. The third-order valence-corrected chi connectivity index (χ3v) is 4.58. The van der Waals surface area contributed by atoms with Gasteiger partial charge >= 0.3 is 12.1 Å². The summed E-state index contributed by atoms with van der Waals surface area (Å²) in [5.41, 5.74) is 0.856. The van der Waals surface area contributed by atoms with Crippen molar-refractivity contribution >= 4 is 23.3 Å². The highest BCUT2D eigenvalue weighted by Crippen LogP contribution is 2.31. The Morgan fingerprint density at radius 2 is 1.94 bits per heavy atom. The van der Waals surface area contributed by atoms with Gasteiger partial charge in [-0.2, -0.15) is 13.2 Å². The van der Waals surface area contributed by atoms with Crippen molar-refractivity contribution in [2.75, 3.05) is 6.61 Å². The number of benzene rings is 1. The Balaban J connectivity index is 2.49. The maximum atomic E-state index is 13.0. The number of hydrogen-bond donors (Lipinski definition) is 2. The number of allylic oxidation sites excluding steroid dienone is 1. The molecule has 0 aliphatic carbocycles. The van der Waals surface area contributed by atoms with E-state index >= 15 is 0 Å². The molecule has 0 saturated heterocycles. The fourth-order valence-electron chi connectivity index (χ4n) is 3.27. The van der Waals surface area contributed by atoms with Gasteiger partial charge in [0.15, 0.2) is 5.82 Å². The minimum atomic E-state index is -4.71. The predicted molar refractivity (Wildman–Crippen MR) is 122 cm³/mol. The van der Waals surface area contributed by atoms with E-state index in [-0.39, 0.29) is 11.7 Å². The number of hydrogen-bond acceptors (Lipinski definition) is 4. The summed E-state index contributed by atoms with van der Waals surface area (Å²) in [4.78, 5) is 19.4. The summed E-state index contributed by atoms with van der Waals surface area (Å²) in [6.07, 6.45) is -3.35. The average Bonchev–Trinajstić information content (AvgIpc) is 2.71. The molecule has 0 spiro atoms. The summed E-state index contributed by atoms with van der Waals surface area (Å²) in [5.74, 6) is -0.506. The monoisotopic (exact) mass is 463 g/mol. The molecule has 6 nitrogen and oxygen atoms in total. The fourth-order valence-corrected chi connectivity index (χ4v) is 3.27. The summed E-state index contributed by atoms with van der Waals surface area (Å²) >= 11 is 0. The van der Waals surface area contributed by atoms with E-state index in [2.05, 4.69) is 29.1 Å². The van der Waals surface area contributed by atoms with Gasteiger partial charge in [-0.3, -0.25) is 0 Å². The molecule has 0 amide bonds. The number of aromatic nitrogens is 1. The molecule has 1 aromatic carbocycles. The van der Waals surface area contributed by atoms with Crippen molar-refractivity contribution in [3.8, 4) is 5.75 Å². The lowest BCUT2D eigenvalue weighted by atomic mass is 9.99. The highest BCUT2D eigenvalue weighted by atomic mass is 19.4. The molecule has 0 fully saturated rings. The van der Waals surface area contributed by atoms with Gasteiger partial charge in [-0.1, -0.05) is 26.0 Å². The van der Waals surface area contributed by atoms with E-state index in [1.165, 1.54) is 0 Å². The predicted octanol–water partition coefficient (Wildman–Crippen LogP) is 6.31. The Morgan fingerprint density at radius 1 is 1.24 bits per heavy atom. The van der Waals surface area contributed by atoms with E-state index < -0.39 is 23.3 Å². The minimum absolute atomic E-state index is 0.282. The second-order valence-electron chi connectivity index (χ2n) is 7.93. The number of ether oxygens (including phenoxy) is 1. The van der Waals surface area contributed by atoms with E-state index in [1.807, 2.05) is 38.1 Å². The van der Waals surface area contributed by atoms with Gasteiger partial charge in [0.05, 0.1) is 12.2 Å². The fraction of sp³-hybridized carbons (Fsp3) is 0.375. The van der Waals surface area contributed by atoms with E-state index in [9.17, 15) is 23.1 Å². The molecule has 9 heteroatoms. The summed E-state index contributed by atoms with van der Waals surface area (Å²) in [6, 6.07) is 8.02. The van der Waals surface area contributed by atoms with E-state index in [0.29, 0.717) is 30.5 Å². The Bertz CT molecular complexity index is 1060. The zero-order valence-electron chi connectivity index (χ0n) is 19.2. The molecule has 1 aromatic heterocycles. The van der Waals surface area contributed by atoms with Gasteiger partial charge in [-0.15, -0.1) is 0 Å². The van der Waals surface area contributed by atoms with Crippen molar-refractivity contribution in [1.82, 2.24) is 10.3 Å². The molecule has 0 unspecified atom stereocenters. The van der Waals surface area contributed by atoms with E-state index in [4.69, 9.17) is 4.74 Å². The number of rotatable bonds is 8. The first-order valence-corrected chi connectivity index (χ1v) is 10.5. The van der Waals surface area contributed by atoms with Crippen LogP contribution in [0.25, 0.3) is 5.70 Å². The van der Waals surface area contributed by atoms with Crippen molar-refractivity contribution in [2.45, 2.75) is 47.2 Å². The number of alkyl halides is 3. The SMILES string of the molecule is CCOc1cccc(/C(NC(C)=Nc2ncc(C(F)(F)F)cc2C(=O)O)=C(/C)CC(C)C)c1. The Kier molecular flexibility index (Phi) is 8.62. The van der Waals surface area contributed by atoms with Gasteiger partial charge in [0.25, 0.3) is 0 Å². The molecule has 178 valence electrons. The van der Waals surface area contributed by atoms with Gasteiger partial charge in [0, 0.05) is 17.5 Å². The number of nitrogens with one attached hydrogen (secondary N) is 1. The lowest BCUT2D eigenvalue weighted by Crippen LogP contribution is -2.21. The topological polar surface area (TPSA) is 83.8 Å². The molecule has 2 rings (SSSR count). The number of aliphatic imine (C=N–C) groups is 1. The number of carbonyl (C=O) groups is 1. The van der Waals surface area contributed by atoms with Crippen LogP contribution in [0.3, 0.4) is 0 Å². The largest absolute Gasteiger partial charge is 0.494 e. The van der Waals surface area contributed by atoms with Crippen LogP contribution in [0.1, 0.15) is 62.5 Å². The van der Waals surface area contributed by atoms with Crippen LogP contribution in [0, 0.1) is 5.92 Å². The summed E-state index contributed by atoms with van der Waals surface area (Å²) < 4.78 is 44.5. The van der Waals surface area contributed by atoms with Crippen molar-refractivity contribution in [1.29, 1.82) is 0 Å². The highest BCUT2D eigenvalue weighted by Gasteiger charge is 2.32. The van der Waals surface area contributed by atoms with Crippen LogP contribution in [0.5, 0.6) is 5.75 Å². The molecule has 0 atom stereocenters. The molecule has 2 N–H and O–H groups in total. The zero-order valence-corrected chi connectivity index (χ0v) is 19.2. The maximum Gasteiger partial charge on any atom is 0.417 e. The molecule has 0 aliphatic rings. The van der Waals surface area contributed by atoms with Crippen molar-refractivity contribution < 1.29 is 27.8 Å². The summed E-state index contributed by atoms with van der Waals surface area (Å²) in [6.45, 7) is 10.1. The van der Waals surface area contributed by atoms with Gasteiger partial charge < -0.3 is 15.2 Å². The summed E-state index contributed by atoms with van der Waals surface area (Å²) in [5, 5.41) is 12.6. The Hall–Kier alpha value is -3.36. The van der Waals surface area contributed by atoms with Crippen LogP contribution in [-0.4, -0.2) is 28.5 Å². The first kappa shape index (κ1) is 25.9. The Morgan fingerprint density at radius 3 is 2.52 bits per heavy atom. The van der Waals surface area contributed by atoms with Gasteiger partial charge in [0.1, 0.15) is 17.1 Å². The van der Waals surface area contributed by atoms with E-state index in [0.717, 1.165) is 23.3 Å². The number of nitrogens with zero attached hydrogens (tertiary/aromatic N) is 2. The number of carboxylic acids is 1. The van der Waals surface area contributed by atoms with Crippen LogP contribution < -0.4 is 10.1 Å². The Labute approximate surface area is 191 Å². The summed E-state index contributed by atoms with van der Waals surface area (Å²) in [7, 11) is 0. The number of halogens is 3. The number of aromatic carboxylic acids is 1. The average molecular weight is 464 g/mol. The van der Waals surface area contributed by atoms with Gasteiger partial charge in [-0.05, 0) is 56.9 Å². The molecular weight excluding hydrogens is 435 g/mol. The standard InChI is InChI=1S/C24H28F3N3O3/c1-6-33-19-9-7-8-17(11-19)21(15(4)10-14(2)3)29-16(5)30-22-20(23(31)32)12-18(13-28-22)24(25,26)27/h7-9,11-14H,6,10H2,1-5H3,(H,31,32)(H,28,29,30)/b21-15+. The lowest BCUT2D eigenvalue weighted by molar-refractivity contribution is -0.137. The van der Waals surface area contributed by atoms with Crippen LogP contribution in [0.15, 0.2) is 47.1 Å². The van der Waals surface area contributed by atoms with Crippen LogP contribution in [0.4, 0.5) is 19.0 Å². The maximum absolute atomic E-state index is 13.0. The van der Waals surface area contributed by atoms with Crippen molar-refractivity contribution in [3.05, 3.63) is 58.8 Å². The van der Waals surface area contributed by atoms with Crippen LogP contribution in [0.2, 0.25) is 0 Å². The van der Waals surface area contributed by atoms with Gasteiger partial charge in [-0.25, -0.2) is 14.8 Å². The second kappa shape index (κ2) is 11.0. The molecular formula is C24H28F3N3O3. The number of carboxylic acid groups (broad SMARTS) is 1. The molecule has 0 aliphatic heterocycles. The highest BCUT2D eigenvalue weighted by molar-refractivity contribution is 5.96. The van der Waals surface area contributed by atoms with Gasteiger partial charge in [0.2, 0.25) is 0 Å². The van der Waals surface area contributed by atoms with Crippen molar-refractivity contribution in [3.63, 3.8) is 0 Å². The third-order valence-electron chi connectivity index (χ3n) is 4.58. The second-order valence-corrected chi connectivity index (χ2v) is 7.93. The quantitative estimate of drug-likeness (QED) is 0.354. The molecule has 0 saturated carbocycles. The molecule has 0 radical (unpaired) electrons. The lowest BCUT2D eigenvalue weighted by Gasteiger charge is -2.18.